The normalized spacial score (nSPS) is 18.5. The van der Waals surface area contributed by atoms with Gasteiger partial charge < -0.3 is 16.0 Å². The molecule has 1 heterocycles. The number of benzene rings is 1. The molecule has 2 rings (SSSR count). The lowest BCUT2D eigenvalue weighted by Crippen LogP contribution is -2.43. The van der Waals surface area contributed by atoms with Crippen LogP contribution in [0.4, 0.5) is 5.69 Å². The molecule has 2 amide bonds. The maximum Gasteiger partial charge on any atom is 0.251 e. The molecule has 1 fully saturated rings. The van der Waals surface area contributed by atoms with Crippen molar-refractivity contribution >= 4 is 40.9 Å². The summed E-state index contributed by atoms with van der Waals surface area (Å²) < 4.78 is 0. The van der Waals surface area contributed by atoms with Crippen LogP contribution in [0.2, 0.25) is 5.02 Å². The molecule has 132 valence electrons. The smallest absolute Gasteiger partial charge is 0.251 e. The van der Waals surface area contributed by atoms with Crippen LogP contribution in [0.15, 0.2) is 18.2 Å². The first-order valence-corrected chi connectivity index (χ1v) is 9.84. The summed E-state index contributed by atoms with van der Waals surface area (Å²) in [5, 5.41) is 3.30. The molecule has 0 saturated carbocycles. The number of likely N-dealkylation sites (tertiary alicyclic amines) is 1. The molecule has 1 aromatic rings. The number of nitrogens with two attached hydrogens (primary N) is 1. The molecule has 2 atom stereocenters. The number of halogens is 1. The first-order chi connectivity index (χ1) is 11.4. The zero-order chi connectivity index (χ0) is 17.7. The van der Waals surface area contributed by atoms with E-state index in [0.717, 1.165) is 19.4 Å². The first kappa shape index (κ1) is 18.9. The van der Waals surface area contributed by atoms with Gasteiger partial charge in [0.25, 0.3) is 5.91 Å². The van der Waals surface area contributed by atoms with Gasteiger partial charge in [-0.25, -0.2) is 0 Å². The summed E-state index contributed by atoms with van der Waals surface area (Å²) in [6.07, 6.45) is 4.38. The molecule has 1 aliphatic heterocycles. The Morgan fingerprint density at radius 1 is 1.50 bits per heavy atom. The Labute approximate surface area is 152 Å². The van der Waals surface area contributed by atoms with Crippen molar-refractivity contribution in [2.24, 2.45) is 0 Å². The van der Waals surface area contributed by atoms with E-state index in [4.69, 9.17) is 17.3 Å². The van der Waals surface area contributed by atoms with E-state index >= 15 is 0 Å². The molecule has 3 N–H and O–H groups in total. The van der Waals surface area contributed by atoms with Crippen LogP contribution in [0.25, 0.3) is 0 Å². The van der Waals surface area contributed by atoms with Crippen molar-refractivity contribution in [2.75, 3.05) is 24.3 Å². The number of hydrogen-bond donors (Lipinski definition) is 2. The van der Waals surface area contributed by atoms with Gasteiger partial charge in [-0.2, -0.15) is 11.8 Å². The first-order valence-electron chi connectivity index (χ1n) is 8.06. The number of anilines is 1. The zero-order valence-electron chi connectivity index (χ0n) is 14.0. The third-order valence-corrected chi connectivity index (χ3v) is 5.32. The van der Waals surface area contributed by atoms with E-state index in [9.17, 15) is 9.59 Å². The Bertz CT molecular complexity index is 611. The Morgan fingerprint density at radius 3 is 2.83 bits per heavy atom. The largest absolute Gasteiger partial charge is 0.398 e. The number of carbonyl (C=O) groups excluding carboxylic acids is 2. The molecule has 0 aliphatic carbocycles. The summed E-state index contributed by atoms with van der Waals surface area (Å²) in [4.78, 5) is 26.8. The third-order valence-electron chi connectivity index (χ3n) is 4.26. The number of hydrogen-bond acceptors (Lipinski definition) is 4. The van der Waals surface area contributed by atoms with Crippen LogP contribution >= 0.6 is 23.4 Å². The predicted octanol–water partition coefficient (Wildman–Crippen LogP) is 2.78. The molecule has 0 radical (unpaired) electrons. The maximum atomic E-state index is 12.5. The Balaban J connectivity index is 2.00. The van der Waals surface area contributed by atoms with Crippen LogP contribution < -0.4 is 11.1 Å². The lowest BCUT2D eigenvalue weighted by atomic mass is 10.1. The molecule has 0 spiro atoms. The van der Waals surface area contributed by atoms with Gasteiger partial charge >= 0.3 is 0 Å². The van der Waals surface area contributed by atoms with Crippen LogP contribution in [0, 0.1) is 0 Å². The molecule has 1 aromatic carbocycles. The summed E-state index contributed by atoms with van der Waals surface area (Å²) in [5.74, 6) is 0.551. The summed E-state index contributed by atoms with van der Waals surface area (Å²) in [6, 6.07) is 4.88. The highest BCUT2D eigenvalue weighted by molar-refractivity contribution is 7.98. The molecule has 1 unspecified atom stereocenters. The van der Waals surface area contributed by atoms with Gasteiger partial charge in [-0.05, 0) is 44.2 Å². The van der Waals surface area contributed by atoms with Crippen molar-refractivity contribution in [1.29, 1.82) is 0 Å². The molecule has 7 heteroatoms. The second kappa shape index (κ2) is 8.62. The monoisotopic (exact) mass is 369 g/mol. The third kappa shape index (κ3) is 4.80. The average molecular weight is 370 g/mol. The lowest BCUT2D eigenvalue weighted by molar-refractivity contribution is -0.132. The van der Waals surface area contributed by atoms with Crippen LogP contribution in [-0.4, -0.2) is 47.4 Å². The van der Waals surface area contributed by atoms with Crippen molar-refractivity contribution < 1.29 is 9.59 Å². The maximum absolute atomic E-state index is 12.5. The Morgan fingerprint density at radius 2 is 2.25 bits per heavy atom. The number of amides is 2. The zero-order valence-corrected chi connectivity index (χ0v) is 15.6. The second-order valence-electron chi connectivity index (χ2n) is 6.14. The number of thioether (sulfide) groups is 1. The number of rotatable bonds is 6. The standard InChI is InChI=1S/C17H24ClN3O2S/c1-11-4-3-7-21(11)16(22)9-13(10-24-2)20-17(23)12-5-6-15(19)14(18)8-12/h5-6,8,11,13H,3-4,7,9-10,19H2,1-2H3,(H,20,23)/t11?,13-/m1/s1. The van der Waals surface area contributed by atoms with Gasteiger partial charge in [-0.3, -0.25) is 9.59 Å². The van der Waals surface area contributed by atoms with Crippen LogP contribution in [0.1, 0.15) is 36.5 Å². The summed E-state index contributed by atoms with van der Waals surface area (Å²) in [7, 11) is 0. The van der Waals surface area contributed by atoms with Gasteiger partial charge in [0.05, 0.1) is 10.7 Å². The number of nitrogens with zero attached hydrogens (tertiary/aromatic N) is 1. The van der Waals surface area contributed by atoms with E-state index in [1.165, 1.54) is 0 Å². The van der Waals surface area contributed by atoms with Crippen LogP contribution in [0.3, 0.4) is 0 Å². The molecule has 24 heavy (non-hydrogen) atoms. The average Bonchev–Trinajstić information content (AvgIpc) is 2.96. The topological polar surface area (TPSA) is 75.4 Å². The van der Waals surface area contributed by atoms with Crippen molar-refractivity contribution in [3.05, 3.63) is 28.8 Å². The minimum Gasteiger partial charge on any atom is -0.398 e. The predicted molar refractivity (Wildman–Crippen MR) is 101 cm³/mol. The highest BCUT2D eigenvalue weighted by Gasteiger charge is 2.27. The number of nitrogen functional groups attached to an aromatic ring is 1. The second-order valence-corrected chi connectivity index (χ2v) is 7.46. The number of carbonyl (C=O) groups is 2. The van der Waals surface area contributed by atoms with Gasteiger partial charge in [0, 0.05) is 36.4 Å². The molecule has 0 bridgehead atoms. The van der Waals surface area contributed by atoms with Gasteiger partial charge in [0.1, 0.15) is 0 Å². The van der Waals surface area contributed by atoms with E-state index in [1.54, 1.807) is 30.0 Å². The fraction of sp³-hybridized carbons (Fsp3) is 0.529. The van der Waals surface area contributed by atoms with Crippen LogP contribution in [0.5, 0.6) is 0 Å². The van der Waals surface area contributed by atoms with E-state index in [-0.39, 0.29) is 17.9 Å². The fourth-order valence-electron chi connectivity index (χ4n) is 2.92. The van der Waals surface area contributed by atoms with Crippen molar-refractivity contribution in [1.82, 2.24) is 10.2 Å². The summed E-state index contributed by atoms with van der Waals surface area (Å²) in [6.45, 7) is 2.89. The molecular formula is C17H24ClN3O2S. The van der Waals surface area contributed by atoms with E-state index in [0.29, 0.717) is 34.5 Å². The molecule has 0 aromatic heterocycles. The van der Waals surface area contributed by atoms with Crippen molar-refractivity contribution in [3.8, 4) is 0 Å². The summed E-state index contributed by atoms with van der Waals surface area (Å²) >= 11 is 7.58. The minimum absolute atomic E-state index is 0.106. The fourth-order valence-corrected chi connectivity index (χ4v) is 3.71. The summed E-state index contributed by atoms with van der Waals surface area (Å²) in [5.41, 5.74) is 6.55. The van der Waals surface area contributed by atoms with E-state index < -0.39 is 0 Å². The Kier molecular flexibility index (Phi) is 6.80. The van der Waals surface area contributed by atoms with Gasteiger partial charge in [0.15, 0.2) is 0 Å². The van der Waals surface area contributed by atoms with Crippen molar-refractivity contribution in [2.45, 2.75) is 38.3 Å². The minimum atomic E-state index is -0.238. The SMILES string of the molecule is CSC[C@@H](CC(=O)N1CCCC1C)NC(=O)c1ccc(N)c(Cl)c1. The van der Waals surface area contributed by atoms with Crippen molar-refractivity contribution in [3.63, 3.8) is 0 Å². The van der Waals surface area contributed by atoms with E-state index in [1.807, 2.05) is 11.2 Å². The molecule has 1 saturated heterocycles. The number of nitrogens with one attached hydrogen (secondary N) is 1. The van der Waals surface area contributed by atoms with E-state index in [2.05, 4.69) is 12.2 Å². The van der Waals surface area contributed by atoms with Gasteiger partial charge in [-0.15, -0.1) is 0 Å². The van der Waals surface area contributed by atoms with Gasteiger partial charge in [-0.1, -0.05) is 11.6 Å². The molecule has 5 nitrogen and oxygen atoms in total. The highest BCUT2D eigenvalue weighted by atomic mass is 35.5. The molecular weight excluding hydrogens is 346 g/mol. The Hall–Kier alpha value is -1.40. The quantitative estimate of drug-likeness (QED) is 0.756. The van der Waals surface area contributed by atoms with Gasteiger partial charge in [0.2, 0.25) is 5.91 Å². The molecule has 1 aliphatic rings. The van der Waals surface area contributed by atoms with Crippen LogP contribution in [-0.2, 0) is 4.79 Å². The highest BCUT2D eigenvalue weighted by Crippen LogP contribution is 2.21. The lowest BCUT2D eigenvalue weighted by Gasteiger charge is -2.25.